The zero-order chi connectivity index (χ0) is 15.4. The van der Waals surface area contributed by atoms with Gasteiger partial charge < -0.3 is 9.64 Å². The molecule has 2 aromatic rings. The van der Waals surface area contributed by atoms with Crippen molar-refractivity contribution in [1.82, 2.24) is 14.9 Å². The molecule has 2 aromatic heterocycles. The molecule has 3 heterocycles. The number of likely N-dealkylation sites (tertiary alicyclic amines) is 1. The summed E-state index contributed by atoms with van der Waals surface area (Å²) in [6.07, 6.45) is 5.42. The van der Waals surface area contributed by atoms with E-state index < -0.39 is 0 Å². The number of hydrogen-bond acceptors (Lipinski definition) is 4. The van der Waals surface area contributed by atoms with Gasteiger partial charge in [-0.1, -0.05) is 6.07 Å². The molecule has 0 spiro atoms. The van der Waals surface area contributed by atoms with E-state index in [-0.39, 0.29) is 11.8 Å². The standard InChI is InChI=1S/C17H19N3O2/c1-13(21)20-10-4-5-14(12-20)16-7-2-8-17(19-16)22-15-6-3-9-18-11-15/h2-3,6-9,11,14H,4-5,10,12H2,1H3/t14-/m0/s1. The second-order valence-corrected chi connectivity index (χ2v) is 5.50. The van der Waals surface area contributed by atoms with Gasteiger partial charge in [0.15, 0.2) is 0 Å². The van der Waals surface area contributed by atoms with Crippen LogP contribution in [0.15, 0.2) is 42.7 Å². The first kappa shape index (κ1) is 14.5. The maximum atomic E-state index is 11.6. The van der Waals surface area contributed by atoms with Gasteiger partial charge in [0, 0.05) is 43.9 Å². The van der Waals surface area contributed by atoms with Crippen LogP contribution < -0.4 is 4.74 Å². The van der Waals surface area contributed by atoms with Crippen molar-refractivity contribution in [2.45, 2.75) is 25.7 Å². The van der Waals surface area contributed by atoms with Gasteiger partial charge in [-0.25, -0.2) is 4.98 Å². The van der Waals surface area contributed by atoms with Crippen molar-refractivity contribution in [1.29, 1.82) is 0 Å². The van der Waals surface area contributed by atoms with Crippen LogP contribution in [-0.2, 0) is 4.79 Å². The highest BCUT2D eigenvalue weighted by Gasteiger charge is 2.24. The first-order chi connectivity index (χ1) is 10.7. The van der Waals surface area contributed by atoms with Crippen LogP contribution in [0.3, 0.4) is 0 Å². The Morgan fingerprint density at radius 1 is 1.32 bits per heavy atom. The van der Waals surface area contributed by atoms with Crippen molar-refractivity contribution >= 4 is 5.91 Å². The van der Waals surface area contributed by atoms with Gasteiger partial charge in [-0.3, -0.25) is 9.78 Å². The molecule has 22 heavy (non-hydrogen) atoms. The molecule has 0 radical (unpaired) electrons. The molecule has 1 aliphatic rings. The topological polar surface area (TPSA) is 55.3 Å². The number of carbonyl (C=O) groups is 1. The Hall–Kier alpha value is -2.43. The average Bonchev–Trinajstić information content (AvgIpc) is 2.56. The van der Waals surface area contributed by atoms with Gasteiger partial charge in [0.1, 0.15) is 5.75 Å². The quantitative estimate of drug-likeness (QED) is 0.874. The summed E-state index contributed by atoms with van der Waals surface area (Å²) >= 11 is 0. The normalized spacial score (nSPS) is 18.0. The third kappa shape index (κ3) is 3.42. The molecule has 1 atom stereocenters. The smallest absolute Gasteiger partial charge is 0.219 e. The molecule has 0 aromatic carbocycles. The number of piperidine rings is 1. The number of nitrogens with zero attached hydrogens (tertiary/aromatic N) is 3. The molecule has 1 aliphatic heterocycles. The van der Waals surface area contributed by atoms with E-state index in [2.05, 4.69) is 9.97 Å². The lowest BCUT2D eigenvalue weighted by Gasteiger charge is -2.31. The van der Waals surface area contributed by atoms with Gasteiger partial charge in [0.05, 0.1) is 6.20 Å². The Labute approximate surface area is 130 Å². The Morgan fingerprint density at radius 3 is 3.00 bits per heavy atom. The third-order valence-electron chi connectivity index (χ3n) is 3.89. The van der Waals surface area contributed by atoms with Crippen LogP contribution in [0.4, 0.5) is 0 Å². The van der Waals surface area contributed by atoms with E-state index in [1.165, 1.54) is 0 Å². The molecule has 5 heteroatoms. The van der Waals surface area contributed by atoms with Gasteiger partial charge in [-0.2, -0.15) is 0 Å². The lowest BCUT2D eigenvalue weighted by Crippen LogP contribution is -2.37. The van der Waals surface area contributed by atoms with Crippen LogP contribution in [0, 0.1) is 0 Å². The van der Waals surface area contributed by atoms with E-state index in [4.69, 9.17) is 4.74 Å². The Bertz CT molecular complexity index is 645. The predicted molar refractivity (Wildman–Crippen MR) is 82.8 cm³/mol. The van der Waals surface area contributed by atoms with Crippen molar-refractivity contribution < 1.29 is 9.53 Å². The fourth-order valence-corrected chi connectivity index (χ4v) is 2.75. The largest absolute Gasteiger partial charge is 0.437 e. The molecular weight excluding hydrogens is 278 g/mol. The number of carbonyl (C=O) groups excluding carboxylic acids is 1. The summed E-state index contributed by atoms with van der Waals surface area (Å²) < 4.78 is 5.73. The van der Waals surface area contributed by atoms with E-state index in [9.17, 15) is 4.79 Å². The zero-order valence-electron chi connectivity index (χ0n) is 12.6. The van der Waals surface area contributed by atoms with Crippen molar-refractivity contribution in [2.24, 2.45) is 0 Å². The fourth-order valence-electron chi connectivity index (χ4n) is 2.75. The molecule has 0 saturated carbocycles. The van der Waals surface area contributed by atoms with Crippen LogP contribution in [0.25, 0.3) is 0 Å². The zero-order valence-corrected chi connectivity index (χ0v) is 12.6. The number of ether oxygens (including phenoxy) is 1. The average molecular weight is 297 g/mol. The predicted octanol–water partition coefficient (Wildman–Crippen LogP) is 2.99. The molecule has 1 fully saturated rings. The summed E-state index contributed by atoms with van der Waals surface area (Å²) in [4.78, 5) is 22.1. The maximum absolute atomic E-state index is 11.6. The highest BCUT2D eigenvalue weighted by Crippen LogP contribution is 2.27. The van der Waals surface area contributed by atoms with Crippen LogP contribution in [0.5, 0.6) is 11.6 Å². The first-order valence-electron chi connectivity index (χ1n) is 7.53. The molecule has 3 rings (SSSR count). The summed E-state index contributed by atoms with van der Waals surface area (Å²) in [6, 6.07) is 9.46. The number of amides is 1. The van der Waals surface area contributed by atoms with Crippen LogP contribution in [0.1, 0.15) is 31.4 Å². The van der Waals surface area contributed by atoms with Gasteiger partial charge in [0.2, 0.25) is 11.8 Å². The summed E-state index contributed by atoms with van der Waals surface area (Å²) in [5.41, 5.74) is 0.979. The second kappa shape index (κ2) is 6.56. The SMILES string of the molecule is CC(=O)N1CCC[C@H](c2cccc(Oc3cccnc3)n2)C1. The van der Waals surface area contributed by atoms with Crippen LogP contribution in [0.2, 0.25) is 0 Å². The van der Waals surface area contributed by atoms with E-state index in [1.807, 2.05) is 35.2 Å². The van der Waals surface area contributed by atoms with E-state index in [0.29, 0.717) is 11.6 Å². The molecule has 0 unspecified atom stereocenters. The number of rotatable bonds is 3. The summed E-state index contributed by atoms with van der Waals surface area (Å²) in [5.74, 6) is 1.63. The summed E-state index contributed by atoms with van der Waals surface area (Å²) in [6.45, 7) is 3.20. The highest BCUT2D eigenvalue weighted by molar-refractivity contribution is 5.73. The second-order valence-electron chi connectivity index (χ2n) is 5.50. The highest BCUT2D eigenvalue weighted by atomic mass is 16.5. The molecule has 1 amide bonds. The van der Waals surface area contributed by atoms with Gasteiger partial charge in [0.25, 0.3) is 0 Å². The number of hydrogen-bond donors (Lipinski definition) is 0. The van der Waals surface area contributed by atoms with E-state index in [1.54, 1.807) is 19.3 Å². The number of aromatic nitrogens is 2. The fraction of sp³-hybridized carbons (Fsp3) is 0.353. The van der Waals surface area contributed by atoms with Crippen LogP contribution >= 0.6 is 0 Å². The maximum Gasteiger partial charge on any atom is 0.219 e. The van der Waals surface area contributed by atoms with E-state index >= 15 is 0 Å². The lowest BCUT2D eigenvalue weighted by atomic mass is 9.94. The minimum Gasteiger partial charge on any atom is -0.437 e. The van der Waals surface area contributed by atoms with Crippen LogP contribution in [-0.4, -0.2) is 33.9 Å². The molecule has 0 aliphatic carbocycles. The monoisotopic (exact) mass is 297 g/mol. The van der Waals surface area contributed by atoms with Crippen molar-refractivity contribution in [3.05, 3.63) is 48.4 Å². The Balaban J connectivity index is 1.75. The number of pyridine rings is 2. The molecule has 5 nitrogen and oxygen atoms in total. The van der Waals surface area contributed by atoms with Gasteiger partial charge in [-0.05, 0) is 31.0 Å². The van der Waals surface area contributed by atoms with Gasteiger partial charge in [-0.15, -0.1) is 0 Å². The van der Waals surface area contributed by atoms with Crippen molar-refractivity contribution in [2.75, 3.05) is 13.1 Å². The van der Waals surface area contributed by atoms with Crippen molar-refractivity contribution in [3.63, 3.8) is 0 Å². The molecule has 114 valence electrons. The molecular formula is C17H19N3O2. The minimum absolute atomic E-state index is 0.132. The lowest BCUT2D eigenvalue weighted by molar-refractivity contribution is -0.130. The summed E-state index contributed by atoms with van der Waals surface area (Å²) in [5, 5.41) is 0. The Morgan fingerprint density at radius 2 is 2.23 bits per heavy atom. The molecule has 1 saturated heterocycles. The Kier molecular flexibility index (Phi) is 4.32. The van der Waals surface area contributed by atoms with Crippen molar-refractivity contribution in [3.8, 4) is 11.6 Å². The molecule has 0 N–H and O–H groups in total. The first-order valence-corrected chi connectivity index (χ1v) is 7.53. The van der Waals surface area contributed by atoms with Gasteiger partial charge >= 0.3 is 0 Å². The molecule has 0 bridgehead atoms. The minimum atomic E-state index is 0.132. The third-order valence-corrected chi connectivity index (χ3v) is 3.89. The van der Waals surface area contributed by atoms with E-state index in [0.717, 1.165) is 31.6 Å². The summed E-state index contributed by atoms with van der Waals surface area (Å²) in [7, 11) is 0.